The molecule has 0 spiro atoms. The molecule has 2 heterocycles. The molecule has 1 saturated heterocycles. The number of hydrogen-bond donors (Lipinski definition) is 1. The van der Waals surface area contributed by atoms with E-state index in [0.717, 1.165) is 18.8 Å². The zero-order valence-electron chi connectivity index (χ0n) is 12.6. The van der Waals surface area contributed by atoms with Crippen LogP contribution in [-0.2, 0) is 12.0 Å². The Balaban J connectivity index is 0.00000144. The van der Waals surface area contributed by atoms with E-state index in [2.05, 4.69) is 17.0 Å². The largest absolute Gasteiger partial charge is 0.508 e. The van der Waals surface area contributed by atoms with Crippen LogP contribution in [0.1, 0.15) is 37.0 Å². The molecule has 118 valence electrons. The van der Waals surface area contributed by atoms with Crippen molar-refractivity contribution in [2.75, 3.05) is 6.54 Å². The topological polar surface area (TPSA) is 36.6 Å². The molecule has 22 heavy (non-hydrogen) atoms. The maximum Gasteiger partial charge on any atom is 0.117 e. The first-order valence-electron chi connectivity index (χ1n) is 7.81. The molecule has 2 aliphatic rings. The van der Waals surface area contributed by atoms with Crippen LogP contribution in [0.5, 0.6) is 5.75 Å². The molecule has 1 aromatic heterocycles. The zero-order chi connectivity index (χ0) is 14.3. The molecule has 1 aliphatic heterocycles. The van der Waals surface area contributed by atoms with Gasteiger partial charge in [0.05, 0.1) is 12.8 Å². The van der Waals surface area contributed by atoms with Crippen molar-refractivity contribution in [1.82, 2.24) is 4.90 Å². The average molecular weight is 364 g/mol. The Labute approximate surface area is 141 Å². The van der Waals surface area contributed by atoms with Gasteiger partial charge in [-0.3, -0.25) is 4.90 Å². The summed E-state index contributed by atoms with van der Waals surface area (Å²) in [6.45, 7) is 2.04. The second kappa shape index (κ2) is 6.09. The molecular formula is C18H22BrNO2. The van der Waals surface area contributed by atoms with Gasteiger partial charge in [-0.25, -0.2) is 0 Å². The fraction of sp³-hybridized carbons (Fsp3) is 0.444. The lowest BCUT2D eigenvalue weighted by Crippen LogP contribution is -2.42. The molecule has 1 aromatic carbocycles. The highest BCUT2D eigenvalue weighted by Gasteiger charge is 2.46. The summed E-state index contributed by atoms with van der Waals surface area (Å²) >= 11 is 0. The maximum atomic E-state index is 9.77. The maximum absolute atomic E-state index is 9.77. The average Bonchev–Trinajstić information content (AvgIpc) is 3.11. The summed E-state index contributed by atoms with van der Waals surface area (Å²) in [5.74, 6) is 1.45. The molecule has 1 aliphatic carbocycles. The Bertz CT molecular complexity index is 628. The number of rotatable bonds is 3. The van der Waals surface area contributed by atoms with Crippen LogP contribution in [0.15, 0.2) is 47.1 Å². The lowest BCUT2D eigenvalue weighted by atomic mass is 9.74. The quantitative estimate of drug-likeness (QED) is 0.884. The van der Waals surface area contributed by atoms with Gasteiger partial charge in [0.2, 0.25) is 0 Å². The van der Waals surface area contributed by atoms with Gasteiger partial charge >= 0.3 is 0 Å². The van der Waals surface area contributed by atoms with Crippen LogP contribution in [0.25, 0.3) is 0 Å². The first-order chi connectivity index (χ1) is 10.3. The van der Waals surface area contributed by atoms with E-state index in [-0.39, 0.29) is 22.4 Å². The number of hydrogen-bond acceptors (Lipinski definition) is 3. The summed E-state index contributed by atoms with van der Waals surface area (Å²) in [5, 5.41) is 9.77. The molecule has 0 radical (unpaired) electrons. The number of likely N-dealkylation sites (tertiary alicyclic amines) is 1. The summed E-state index contributed by atoms with van der Waals surface area (Å²) in [5.41, 5.74) is 1.60. The van der Waals surface area contributed by atoms with Crippen LogP contribution in [0.3, 0.4) is 0 Å². The highest BCUT2D eigenvalue weighted by atomic mass is 79.9. The number of fused-ring (bicyclic) bond motifs is 2. The molecule has 2 unspecified atom stereocenters. The predicted octanol–water partition coefficient (Wildman–Crippen LogP) is 4.26. The zero-order valence-corrected chi connectivity index (χ0v) is 14.3. The third-order valence-electron chi connectivity index (χ3n) is 5.37. The Kier molecular flexibility index (Phi) is 4.33. The van der Waals surface area contributed by atoms with Crippen molar-refractivity contribution in [3.63, 3.8) is 0 Å². The third kappa shape index (κ3) is 2.70. The molecule has 4 rings (SSSR count). The van der Waals surface area contributed by atoms with E-state index in [1.807, 2.05) is 18.2 Å². The van der Waals surface area contributed by atoms with E-state index in [9.17, 15) is 5.11 Å². The van der Waals surface area contributed by atoms with Gasteiger partial charge in [0.25, 0.3) is 0 Å². The van der Waals surface area contributed by atoms with E-state index in [0.29, 0.717) is 11.8 Å². The number of halogens is 1. The summed E-state index contributed by atoms with van der Waals surface area (Å²) < 4.78 is 5.49. The molecule has 2 fully saturated rings. The second-order valence-electron chi connectivity index (χ2n) is 6.53. The molecule has 1 N–H and O–H groups in total. The Morgan fingerprint density at radius 1 is 1.23 bits per heavy atom. The van der Waals surface area contributed by atoms with Crippen molar-refractivity contribution >= 4 is 17.0 Å². The molecule has 3 nitrogen and oxygen atoms in total. The number of phenolic OH excluding ortho intramolecular Hbond substituents is 1. The third-order valence-corrected chi connectivity index (χ3v) is 5.37. The number of aromatic hydroxyl groups is 1. The van der Waals surface area contributed by atoms with E-state index < -0.39 is 0 Å². The van der Waals surface area contributed by atoms with Gasteiger partial charge in [0, 0.05) is 6.04 Å². The molecular weight excluding hydrogens is 342 g/mol. The predicted molar refractivity (Wildman–Crippen MR) is 91.5 cm³/mol. The lowest BCUT2D eigenvalue weighted by Gasteiger charge is -2.40. The Hall–Kier alpha value is -1.26. The van der Waals surface area contributed by atoms with Crippen LogP contribution in [0, 0.1) is 0 Å². The van der Waals surface area contributed by atoms with Crippen LogP contribution >= 0.6 is 17.0 Å². The van der Waals surface area contributed by atoms with Crippen LogP contribution < -0.4 is 0 Å². The summed E-state index contributed by atoms with van der Waals surface area (Å²) in [6.07, 6.45) is 6.61. The highest BCUT2D eigenvalue weighted by molar-refractivity contribution is 8.93. The van der Waals surface area contributed by atoms with Gasteiger partial charge in [-0.05, 0) is 67.5 Å². The monoisotopic (exact) mass is 363 g/mol. The van der Waals surface area contributed by atoms with E-state index in [1.54, 1.807) is 12.3 Å². The first-order valence-corrected chi connectivity index (χ1v) is 7.81. The molecule has 2 atom stereocenters. The number of benzene rings is 1. The van der Waals surface area contributed by atoms with Crippen LogP contribution in [0.2, 0.25) is 0 Å². The van der Waals surface area contributed by atoms with Gasteiger partial charge in [0.15, 0.2) is 0 Å². The lowest BCUT2D eigenvalue weighted by molar-refractivity contribution is 0.124. The SMILES string of the molecule is Br.Oc1cccc(C23CCC(C2)N(Cc2ccco2)CC3)c1. The normalized spacial score (nSPS) is 27.5. The summed E-state index contributed by atoms with van der Waals surface area (Å²) in [6, 6.07) is 12.6. The fourth-order valence-corrected chi connectivity index (χ4v) is 4.23. The minimum atomic E-state index is 0. The number of piperidine rings is 1. The number of furan rings is 1. The van der Waals surface area contributed by atoms with Crippen LogP contribution in [0.4, 0.5) is 0 Å². The molecule has 4 heteroatoms. The van der Waals surface area contributed by atoms with Crippen LogP contribution in [-0.4, -0.2) is 22.6 Å². The Morgan fingerprint density at radius 2 is 2.14 bits per heavy atom. The van der Waals surface area contributed by atoms with Crippen molar-refractivity contribution in [2.24, 2.45) is 0 Å². The van der Waals surface area contributed by atoms with Crippen molar-refractivity contribution in [3.8, 4) is 5.75 Å². The molecule has 2 bridgehead atoms. The number of phenols is 1. The van der Waals surface area contributed by atoms with E-state index in [1.165, 1.54) is 31.2 Å². The van der Waals surface area contributed by atoms with Gasteiger partial charge in [-0.1, -0.05) is 12.1 Å². The smallest absolute Gasteiger partial charge is 0.117 e. The minimum absolute atomic E-state index is 0. The highest BCUT2D eigenvalue weighted by Crippen LogP contribution is 2.49. The minimum Gasteiger partial charge on any atom is -0.508 e. The summed E-state index contributed by atoms with van der Waals surface area (Å²) in [4.78, 5) is 2.56. The van der Waals surface area contributed by atoms with Gasteiger partial charge < -0.3 is 9.52 Å². The van der Waals surface area contributed by atoms with Gasteiger partial charge in [-0.2, -0.15) is 0 Å². The molecule has 2 aromatic rings. The molecule has 0 amide bonds. The molecule has 1 saturated carbocycles. The first kappa shape index (κ1) is 15.6. The second-order valence-corrected chi connectivity index (χ2v) is 6.53. The van der Waals surface area contributed by atoms with Crippen molar-refractivity contribution < 1.29 is 9.52 Å². The Morgan fingerprint density at radius 3 is 2.91 bits per heavy atom. The van der Waals surface area contributed by atoms with Gasteiger partial charge in [-0.15, -0.1) is 17.0 Å². The summed E-state index contributed by atoms with van der Waals surface area (Å²) in [7, 11) is 0. The van der Waals surface area contributed by atoms with Crippen molar-refractivity contribution in [2.45, 2.75) is 43.7 Å². The van der Waals surface area contributed by atoms with E-state index in [4.69, 9.17) is 4.42 Å². The fourth-order valence-electron chi connectivity index (χ4n) is 4.23. The number of nitrogens with zero attached hydrogens (tertiary/aromatic N) is 1. The van der Waals surface area contributed by atoms with Crippen molar-refractivity contribution in [1.29, 1.82) is 0 Å². The van der Waals surface area contributed by atoms with Crippen molar-refractivity contribution in [3.05, 3.63) is 54.0 Å². The van der Waals surface area contributed by atoms with E-state index >= 15 is 0 Å². The standard InChI is InChI=1S/C18H21NO2.BrH/c20-16-4-1-3-14(11-16)18-7-6-15(12-18)19(9-8-18)13-17-5-2-10-21-17;/h1-5,10-11,15,20H,6-9,12-13H2;1H. The van der Waals surface area contributed by atoms with Gasteiger partial charge in [0.1, 0.15) is 11.5 Å².